The van der Waals surface area contributed by atoms with Crippen molar-refractivity contribution in [2.24, 2.45) is 0 Å². The largest absolute Gasteiger partial charge is 0.488 e. The van der Waals surface area contributed by atoms with E-state index in [0.29, 0.717) is 11.4 Å². The molecule has 0 aromatic carbocycles. The van der Waals surface area contributed by atoms with Gasteiger partial charge in [0.25, 0.3) is 0 Å². The van der Waals surface area contributed by atoms with E-state index >= 15 is 0 Å². The van der Waals surface area contributed by atoms with Gasteiger partial charge < -0.3 is 19.3 Å². The first-order valence-electron chi connectivity index (χ1n) is 7.66. The van der Waals surface area contributed by atoms with Crippen molar-refractivity contribution in [2.75, 3.05) is 19.8 Å². The standard InChI is InChI=1S/C16H23NO4/c1-12-2-3-15(14(11-18)17-12)21-13-4-7-20-16(10-13)5-8-19-9-6-16/h2-3,13,18H,4-11H2,1H3. The third-order valence-corrected chi connectivity index (χ3v) is 4.37. The van der Waals surface area contributed by atoms with E-state index in [1.165, 1.54) is 0 Å². The Labute approximate surface area is 125 Å². The van der Waals surface area contributed by atoms with Crippen LogP contribution in [0, 0.1) is 6.92 Å². The first kappa shape index (κ1) is 14.8. The van der Waals surface area contributed by atoms with Crippen LogP contribution in [0.5, 0.6) is 5.75 Å². The lowest BCUT2D eigenvalue weighted by molar-refractivity contribution is -0.155. The third-order valence-electron chi connectivity index (χ3n) is 4.37. The molecule has 1 aromatic rings. The van der Waals surface area contributed by atoms with E-state index in [-0.39, 0.29) is 18.3 Å². The fourth-order valence-electron chi connectivity index (χ4n) is 3.17. The molecule has 2 fully saturated rings. The van der Waals surface area contributed by atoms with Crippen molar-refractivity contribution in [3.8, 4) is 5.75 Å². The predicted octanol–water partition coefficient (Wildman–Crippen LogP) is 1.99. The molecule has 0 radical (unpaired) electrons. The summed E-state index contributed by atoms with van der Waals surface area (Å²) in [5.41, 5.74) is 1.42. The number of pyridine rings is 1. The molecule has 2 saturated heterocycles. The molecule has 1 spiro atoms. The van der Waals surface area contributed by atoms with Crippen LogP contribution in [0.1, 0.15) is 37.1 Å². The molecule has 0 bridgehead atoms. The van der Waals surface area contributed by atoms with Crippen molar-refractivity contribution < 1.29 is 19.3 Å². The molecule has 1 atom stereocenters. The maximum Gasteiger partial charge on any atom is 0.143 e. The highest BCUT2D eigenvalue weighted by Crippen LogP contribution is 2.36. The zero-order valence-corrected chi connectivity index (χ0v) is 12.5. The molecule has 1 aromatic heterocycles. The minimum Gasteiger partial charge on any atom is -0.488 e. The molecule has 0 saturated carbocycles. The van der Waals surface area contributed by atoms with Crippen molar-refractivity contribution in [2.45, 2.75) is 50.9 Å². The highest BCUT2D eigenvalue weighted by atomic mass is 16.5. The topological polar surface area (TPSA) is 60.8 Å². The van der Waals surface area contributed by atoms with Gasteiger partial charge in [-0.15, -0.1) is 0 Å². The fourth-order valence-corrected chi connectivity index (χ4v) is 3.17. The number of aromatic nitrogens is 1. The summed E-state index contributed by atoms with van der Waals surface area (Å²) in [6.07, 6.45) is 3.75. The summed E-state index contributed by atoms with van der Waals surface area (Å²) in [6.45, 7) is 4.06. The second kappa shape index (κ2) is 6.30. The number of aliphatic hydroxyl groups excluding tert-OH is 1. The average Bonchev–Trinajstić information content (AvgIpc) is 2.50. The van der Waals surface area contributed by atoms with Crippen molar-refractivity contribution >= 4 is 0 Å². The number of hydrogen-bond donors (Lipinski definition) is 1. The lowest BCUT2D eigenvalue weighted by Gasteiger charge is -2.43. The van der Waals surface area contributed by atoms with Crippen LogP contribution in [-0.2, 0) is 16.1 Å². The van der Waals surface area contributed by atoms with E-state index in [2.05, 4.69) is 4.98 Å². The highest BCUT2D eigenvalue weighted by molar-refractivity contribution is 5.29. The van der Waals surface area contributed by atoms with E-state index in [0.717, 1.165) is 51.2 Å². The van der Waals surface area contributed by atoms with Gasteiger partial charge in [0.15, 0.2) is 0 Å². The van der Waals surface area contributed by atoms with Crippen molar-refractivity contribution in [3.05, 3.63) is 23.5 Å². The molecular formula is C16H23NO4. The zero-order chi connectivity index (χ0) is 14.7. The molecule has 2 aliphatic rings. The predicted molar refractivity (Wildman–Crippen MR) is 77.3 cm³/mol. The second-order valence-electron chi connectivity index (χ2n) is 5.93. The van der Waals surface area contributed by atoms with Crippen molar-refractivity contribution in [1.29, 1.82) is 0 Å². The summed E-state index contributed by atoms with van der Waals surface area (Å²) in [5, 5.41) is 9.43. The molecule has 3 heterocycles. The van der Waals surface area contributed by atoms with Crippen LogP contribution >= 0.6 is 0 Å². The van der Waals surface area contributed by atoms with Gasteiger partial charge in [-0.2, -0.15) is 0 Å². The quantitative estimate of drug-likeness (QED) is 0.923. The van der Waals surface area contributed by atoms with Gasteiger partial charge in [0.05, 0.1) is 18.8 Å². The van der Waals surface area contributed by atoms with E-state index in [4.69, 9.17) is 14.2 Å². The minimum absolute atomic E-state index is 0.0847. The van der Waals surface area contributed by atoms with Crippen LogP contribution in [0.25, 0.3) is 0 Å². The monoisotopic (exact) mass is 293 g/mol. The van der Waals surface area contributed by atoms with Gasteiger partial charge in [0, 0.05) is 31.7 Å². The minimum atomic E-state index is -0.0980. The van der Waals surface area contributed by atoms with Gasteiger partial charge >= 0.3 is 0 Å². The van der Waals surface area contributed by atoms with E-state index in [1.807, 2.05) is 19.1 Å². The maximum absolute atomic E-state index is 9.43. The molecule has 1 unspecified atom stereocenters. The third kappa shape index (κ3) is 3.36. The summed E-state index contributed by atoms with van der Waals surface area (Å²) < 4.78 is 17.6. The molecule has 116 valence electrons. The second-order valence-corrected chi connectivity index (χ2v) is 5.93. The molecule has 5 nitrogen and oxygen atoms in total. The molecule has 1 N–H and O–H groups in total. The van der Waals surface area contributed by atoms with Crippen LogP contribution in [0.3, 0.4) is 0 Å². The maximum atomic E-state index is 9.43. The van der Waals surface area contributed by atoms with Gasteiger partial charge in [-0.05, 0) is 31.9 Å². The Hall–Kier alpha value is -1.17. The van der Waals surface area contributed by atoms with Crippen LogP contribution < -0.4 is 4.74 Å². The van der Waals surface area contributed by atoms with Crippen LogP contribution in [0.2, 0.25) is 0 Å². The summed E-state index contributed by atoms with van der Waals surface area (Å²) in [6, 6.07) is 3.82. The summed E-state index contributed by atoms with van der Waals surface area (Å²) in [4.78, 5) is 4.33. The molecule has 2 aliphatic heterocycles. The van der Waals surface area contributed by atoms with E-state index in [9.17, 15) is 5.11 Å². The van der Waals surface area contributed by atoms with Crippen LogP contribution in [0.15, 0.2) is 12.1 Å². The van der Waals surface area contributed by atoms with Crippen LogP contribution in [-0.4, -0.2) is 41.6 Å². The SMILES string of the molecule is Cc1ccc(OC2CCOC3(CCOCC3)C2)c(CO)n1. The van der Waals surface area contributed by atoms with Crippen molar-refractivity contribution in [1.82, 2.24) is 4.98 Å². The first-order valence-corrected chi connectivity index (χ1v) is 7.66. The fraction of sp³-hybridized carbons (Fsp3) is 0.688. The van der Waals surface area contributed by atoms with E-state index in [1.54, 1.807) is 0 Å². The first-order chi connectivity index (χ1) is 10.2. The molecule has 3 rings (SSSR count). The summed E-state index contributed by atoms with van der Waals surface area (Å²) >= 11 is 0. The van der Waals surface area contributed by atoms with Gasteiger partial charge in [-0.1, -0.05) is 0 Å². The lowest BCUT2D eigenvalue weighted by Crippen LogP contribution is -2.47. The molecule has 5 heteroatoms. The van der Waals surface area contributed by atoms with Gasteiger partial charge in [0.2, 0.25) is 0 Å². The summed E-state index contributed by atoms with van der Waals surface area (Å²) in [5.74, 6) is 0.692. The Morgan fingerprint density at radius 1 is 1.33 bits per heavy atom. The normalized spacial score (nSPS) is 25.0. The Balaban J connectivity index is 1.70. The number of rotatable bonds is 3. The van der Waals surface area contributed by atoms with Crippen LogP contribution in [0.4, 0.5) is 0 Å². The molecular weight excluding hydrogens is 270 g/mol. The lowest BCUT2D eigenvalue weighted by atomic mass is 9.85. The zero-order valence-electron chi connectivity index (χ0n) is 12.5. The number of aliphatic hydroxyl groups is 1. The van der Waals surface area contributed by atoms with E-state index < -0.39 is 0 Å². The van der Waals surface area contributed by atoms with Gasteiger partial charge in [-0.25, -0.2) is 0 Å². The molecule has 21 heavy (non-hydrogen) atoms. The Morgan fingerprint density at radius 3 is 2.90 bits per heavy atom. The number of hydrogen-bond acceptors (Lipinski definition) is 5. The van der Waals surface area contributed by atoms with Gasteiger partial charge in [0.1, 0.15) is 17.5 Å². The smallest absolute Gasteiger partial charge is 0.143 e. The van der Waals surface area contributed by atoms with Gasteiger partial charge in [-0.3, -0.25) is 4.98 Å². The average molecular weight is 293 g/mol. The number of aryl methyl sites for hydroxylation is 1. The van der Waals surface area contributed by atoms with Crippen molar-refractivity contribution in [3.63, 3.8) is 0 Å². The Kier molecular flexibility index (Phi) is 4.42. The summed E-state index contributed by atoms with van der Waals surface area (Å²) in [7, 11) is 0. The highest BCUT2D eigenvalue weighted by Gasteiger charge is 2.40. The Bertz CT molecular complexity index is 480. The molecule has 0 aliphatic carbocycles. The number of nitrogens with zero attached hydrogens (tertiary/aromatic N) is 1. The molecule has 0 amide bonds. The Morgan fingerprint density at radius 2 is 2.14 bits per heavy atom. The number of ether oxygens (including phenoxy) is 3.